The quantitative estimate of drug-likeness (QED) is 0.771. The second-order valence-corrected chi connectivity index (χ2v) is 5.13. The summed E-state index contributed by atoms with van der Waals surface area (Å²) in [5.41, 5.74) is 9.01. The number of anilines is 2. The number of nitrogens with two attached hydrogens (primary N) is 1. The van der Waals surface area contributed by atoms with Gasteiger partial charge in [-0.15, -0.1) is 0 Å². The highest BCUT2D eigenvalue weighted by atomic mass is 16.1. The monoisotopic (exact) mass is 318 g/mol. The maximum Gasteiger partial charge on any atom is 0.278 e. The number of hydrogen-bond donors (Lipinski definition) is 2. The minimum absolute atomic E-state index is 0.0783. The van der Waals surface area contributed by atoms with Crippen LogP contribution in [0, 0.1) is 6.92 Å². The van der Waals surface area contributed by atoms with Crippen molar-refractivity contribution in [1.82, 2.24) is 15.0 Å². The summed E-state index contributed by atoms with van der Waals surface area (Å²) in [4.78, 5) is 24.8. The molecule has 1 amide bonds. The first kappa shape index (κ1) is 15.6. The van der Waals surface area contributed by atoms with Gasteiger partial charge < -0.3 is 11.1 Å². The van der Waals surface area contributed by atoms with Crippen LogP contribution in [0.1, 0.15) is 16.1 Å². The Morgan fingerprint density at radius 2 is 1.96 bits per heavy atom. The van der Waals surface area contributed by atoms with E-state index in [4.69, 9.17) is 5.73 Å². The minimum Gasteiger partial charge on any atom is -0.382 e. The molecule has 3 rings (SSSR count). The Bertz CT molecular complexity index is 847. The van der Waals surface area contributed by atoms with Gasteiger partial charge in [0.25, 0.3) is 5.91 Å². The standard InChI is InChI=1S/C18H16N5O/c1-2-12-5-7-13(8-6-12)15-11-21-17(19)16(23-15)18(24)22-14-4-3-9-20-10-14/h3-11H,1-2H2,(H2,19,21)(H,22,24). The zero-order chi connectivity index (χ0) is 16.9. The highest BCUT2D eigenvalue weighted by Crippen LogP contribution is 2.20. The molecule has 3 N–H and O–H groups in total. The van der Waals surface area contributed by atoms with Crippen LogP contribution in [0.5, 0.6) is 0 Å². The van der Waals surface area contributed by atoms with Crippen LogP contribution in [0.4, 0.5) is 11.5 Å². The van der Waals surface area contributed by atoms with Gasteiger partial charge in [-0.05, 0) is 31.0 Å². The van der Waals surface area contributed by atoms with Crippen LogP contribution in [0.2, 0.25) is 0 Å². The van der Waals surface area contributed by atoms with Crippen LogP contribution in [-0.4, -0.2) is 20.9 Å². The Morgan fingerprint density at radius 1 is 1.17 bits per heavy atom. The summed E-state index contributed by atoms with van der Waals surface area (Å²) in [6, 6.07) is 11.2. The van der Waals surface area contributed by atoms with Crippen LogP contribution >= 0.6 is 0 Å². The first-order valence-electron chi connectivity index (χ1n) is 7.40. The van der Waals surface area contributed by atoms with E-state index in [0.717, 1.165) is 11.1 Å². The van der Waals surface area contributed by atoms with Gasteiger partial charge in [-0.3, -0.25) is 9.78 Å². The van der Waals surface area contributed by atoms with E-state index < -0.39 is 5.91 Å². The highest BCUT2D eigenvalue weighted by molar-refractivity contribution is 6.05. The molecule has 0 spiro atoms. The van der Waals surface area contributed by atoms with Crippen molar-refractivity contribution in [3.05, 3.63) is 73.2 Å². The molecular formula is C18H16N5O. The number of rotatable bonds is 4. The van der Waals surface area contributed by atoms with E-state index in [9.17, 15) is 4.79 Å². The number of amides is 1. The van der Waals surface area contributed by atoms with E-state index in [0.29, 0.717) is 17.8 Å². The van der Waals surface area contributed by atoms with Crippen molar-refractivity contribution in [1.29, 1.82) is 0 Å². The van der Waals surface area contributed by atoms with Crippen LogP contribution in [-0.2, 0) is 6.42 Å². The number of nitrogens with one attached hydrogen (secondary N) is 1. The van der Waals surface area contributed by atoms with Gasteiger partial charge in [0.05, 0.1) is 23.8 Å². The third-order valence-electron chi connectivity index (χ3n) is 3.47. The molecule has 0 unspecified atom stereocenters. The molecule has 3 aromatic rings. The van der Waals surface area contributed by atoms with Gasteiger partial charge in [-0.1, -0.05) is 24.3 Å². The number of nitrogens with zero attached hydrogens (tertiary/aromatic N) is 3. The maximum absolute atomic E-state index is 12.4. The predicted octanol–water partition coefficient (Wildman–Crippen LogP) is 2.75. The number of carbonyl (C=O) groups is 1. The second kappa shape index (κ2) is 6.87. The van der Waals surface area contributed by atoms with Crippen LogP contribution in [0.25, 0.3) is 11.3 Å². The summed E-state index contributed by atoms with van der Waals surface area (Å²) < 4.78 is 0. The van der Waals surface area contributed by atoms with E-state index in [1.54, 1.807) is 30.7 Å². The molecule has 0 atom stereocenters. The zero-order valence-corrected chi connectivity index (χ0v) is 12.9. The largest absolute Gasteiger partial charge is 0.382 e. The lowest BCUT2D eigenvalue weighted by Gasteiger charge is -2.08. The van der Waals surface area contributed by atoms with E-state index in [1.807, 2.05) is 24.3 Å². The number of aromatic nitrogens is 3. The molecule has 2 heterocycles. The molecule has 1 aromatic carbocycles. The van der Waals surface area contributed by atoms with E-state index in [2.05, 4.69) is 27.2 Å². The van der Waals surface area contributed by atoms with E-state index in [1.165, 1.54) is 0 Å². The molecule has 6 heteroatoms. The van der Waals surface area contributed by atoms with Gasteiger partial charge in [-0.2, -0.15) is 0 Å². The Kier molecular flexibility index (Phi) is 4.47. The molecule has 0 saturated heterocycles. The lowest BCUT2D eigenvalue weighted by atomic mass is 10.1. The molecular weight excluding hydrogens is 302 g/mol. The first-order chi connectivity index (χ1) is 11.7. The molecule has 0 saturated carbocycles. The Hall–Kier alpha value is -3.28. The molecule has 6 nitrogen and oxygen atoms in total. The number of pyridine rings is 1. The van der Waals surface area contributed by atoms with Gasteiger partial charge in [0.2, 0.25) is 0 Å². The van der Waals surface area contributed by atoms with Gasteiger partial charge in [0.1, 0.15) is 0 Å². The first-order valence-corrected chi connectivity index (χ1v) is 7.40. The van der Waals surface area contributed by atoms with Crippen molar-refractivity contribution in [2.45, 2.75) is 6.42 Å². The summed E-state index contributed by atoms with van der Waals surface area (Å²) >= 11 is 0. The number of nitrogen functional groups attached to an aromatic ring is 1. The molecule has 2 aromatic heterocycles. The Morgan fingerprint density at radius 3 is 2.62 bits per heavy atom. The highest BCUT2D eigenvalue weighted by Gasteiger charge is 2.15. The Labute approximate surface area is 139 Å². The predicted molar refractivity (Wildman–Crippen MR) is 93.1 cm³/mol. The van der Waals surface area contributed by atoms with Gasteiger partial charge in [0, 0.05) is 11.8 Å². The molecule has 24 heavy (non-hydrogen) atoms. The molecule has 1 radical (unpaired) electrons. The SMILES string of the molecule is [CH2]Cc1ccc(-c2cnc(N)c(C(=O)Nc3cccnc3)n2)cc1. The van der Waals surface area contributed by atoms with Crippen molar-refractivity contribution in [2.24, 2.45) is 0 Å². The number of benzene rings is 1. The van der Waals surface area contributed by atoms with Crippen molar-refractivity contribution < 1.29 is 4.79 Å². The lowest BCUT2D eigenvalue weighted by Crippen LogP contribution is -2.17. The summed E-state index contributed by atoms with van der Waals surface area (Å²) in [6.45, 7) is 3.84. The topological polar surface area (TPSA) is 93.8 Å². The third kappa shape index (κ3) is 3.38. The summed E-state index contributed by atoms with van der Waals surface area (Å²) in [6.07, 6.45) is 5.44. The van der Waals surface area contributed by atoms with Gasteiger partial charge in [-0.25, -0.2) is 9.97 Å². The Balaban J connectivity index is 1.89. The number of hydrogen-bond acceptors (Lipinski definition) is 5. The molecule has 0 aliphatic carbocycles. The fraction of sp³-hybridized carbons (Fsp3) is 0.0556. The molecule has 0 bridgehead atoms. The molecule has 119 valence electrons. The van der Waals surface area contributed by atoms with Crippen LogP contribution in [0.3, 0.4) is 0 Å². The van der Waals surface area contributed by atoms with Crippen LogP contribution in [0.15, 0.2) is 55.0 Å². The molecule has 0 aliphatic rings. The zero-order valence-electron chi connectivity index (χ0n) is 12.9. The second-order valence-electron chi connectivity index (χ2n) is 5.13. The summed E-state index contributed by atoms with van der Waals surface area (Å²) in [5, 5.41) is 2.70. The van der Waals surface area contributed by atoms with Crippen LogP contribution < -0.4 is 11.1 Å². The fourth-order valence-corrected chi connectivity index (χ4v) is 2.17. The average Bonchev–Trinajstić information content (AvgIpc) is 2.63. The minimum atomic E-state index is -0.427. The van der Waals surface area contributed by atoms with E-state index in [-0.39, 0.29) is 11.5 Å². The fourth-order valence-electron chi connectivity index (χ4n) is 2.17. The number of carbonyl (C=O) groups excluding carboxylic acids is 1. The third-order valence-corrected chi connectivity index (χ3v) is 3.47. The van der Waals surface area contributed by atoms with Crippen molar-refractivity contribution in [3.8, 4) is 11.3 Å². The smallest absolute Gasteiger partial charge is 0.278 e. The van der Waals surface area contributed by atoms with Crippen molar-refractivity contribution >= 4 is 17.4 Å². The van der Waals surface area contributed by atoms with Crippen molar-refractivity contribution in [2.75, 3.05) is 11.1 Å². The summed E-state index contributed by atoms with van der Waals surface area (Å²) in [5.74, 6) is -0.348. The normalized spacial score (nSPS) is 10.4. The summed E-state index contributed by atoms with van der Waals surface area (Å²) in [7, 11) is 0. The van der Waals surface area contributed by atoms with Crippen molar-refractivity contribution in [3.63, 3.8) is 0 Å². The van der Waals surface area contributed by atoms with E-state index >= 15 is 0 Å². The lowest BCUT2D eigenvalue weighted by molar-refractivity contribution is 0.102. The van der Waals surface area contributed by atoms with Gasteiger partial charge in [0.15, 0.2) is 11.5 Å². The maximum atomic E-state index is 12.4. The van der Waals surface area contributed by atoms with Gasteiger partial charge >= 0.3 is 0 Å². The molecule has 0 fully saturated rings. The average molecular weight is 318 g/mol. The molecule has 0 aliphatic heterocycles.